The van der Waals surface area contributed by atoms with Crippen molar-refractivity contribution in [3.8, 4) is 5.75 Å². The van der Waals surface area contributed by atoms with Gasteiger partial charge >= 0.3 is 5.97 Å². The van der Waals surface area contributed by atoms with Gasteiger partial charge in [-0.15, -0.1) is 0 Å². The number of aromatic nitrogens is 1. The normalized spacial score (nSPS) is 14.1. The molecule has 1 aliphatic heterocycles. The van der Waals surface area contributed by atoms with Crippen molar-refractivity contribution in [1.82, 2.24) is 9.88 Å². The highest BCUT2D eigenvalue weighted by Gasteiger charge is 2.24. The zero-order valence-corrected chi connectivity index (χ0v) is 15.3. The van der Waals surface area contributed by atoms with Crippen molar-refractivity contribution in [2.24, 2.45) is 0 Å². The molecule has 7 nitrogen and oxygen atoms in total. The van der Waals surface area contributed by atoms with Crippen molar-refractivity contribution < 1.29 is 19.4 Å². The number of ether oxygens (including phenoxy) is 1. The summed E-state index contributed by atoms with van der Waals surface area (Å²) < 4.78 is 5.41. The lowest BCUT2D eigenvalue weighted by Crippen LogP contribution is -2.49. The van der Waals surface area contributed by atoms with Crippen molar-refractivity contribution in [1.29, 1.82) is 0 Å². The lowest BCUT2D eigenvalue weighted by atomic mass is 10.1. The van der Waals surface area contributed by atoms with Crippen LogP contribution in [0.15, 0.2) is 42.6 Å². The number of carbonyl (C=O) groups is 2. The molecule has 7 heteroatoms. The minimum absolute atomic E-state index is 0.0679. The van der Waals surface area contributed by atoms with Gasteiger partial charge in [0, 0.05) is 32.4 Å². The monoisotopic (exact) mass is 369 g/mol. The van der Waals surface area contributed by atoms with Gasteiger partial charge in [0.2, 0.25) is 5.91 Å². The van der Waals surface area contributed by atoms with Gasteiger partial charge < -0.3 is 19.6 Å². The molecule has 142 valence electrons. The molecule has 2 heterocycles. The number of anilines is 1. The molecule has 1 saturated heterocycles. The number of carboxylic acids is 1. The summed E-state index contributed by atoms with van der Waals surface area (Å²) in [5, 5.41) is 9.31. The molecule has 0 aliphatic carbocycles. The Hall–Kier alpha value is -3.09. The van der Waals surface area contributed by atoms with Gasteiger partial charge in [-0.05, 0) is 36.8 Å². The number of carboxylic acid groups (broad SMARTS) is 1. The third-order valence-corrected chi connectivity index (χ3v) is 4.54. The van der Waals surface area contributed by atoms with Gasteiger partial charge in [0.25, 0.3) is 0 Å². The van der Waals surface area contributed by atoms with Crippen LogP contribution in [-0.2, 0) is 11.2 Å². The number of aromatic carboxylic acids is 1. The fourth-order valence-corrected chi connectivity index (χ4v) is 3.14. The molecule has 1 aliphatic rings. The Kier molecular flexibility index (Phi) is 5.90. The molecule has 27 heavy (non-hydrogen) atoms. The molecule has 0 atom stereocenters. The van der Waals surface area contributed by atoms with Gasteiger partial charge in [-0.1, -0.05) is 12.1 Å². The molecule has 0 bridgehead atoms. The molecule has 1 N–H and O–H groups in total. The average molecular weight is 369 g/mol. The van der Waals surface area contributed by atoms with Crippen LogP contribution < -0.4 is 9.64 Å². The van der Waals surface area contributed by atoms with E-state index in [0.29, 0.717) is 45.0 Å². The standard InChI is InChI=1S/C20H23N3O4/c1-2-27-16-7-5-15(6-8-16)14-18(24)22-10-12-23(13-11-22)19-17(20(25)26)4-3-9-21-19/h3-9H,2,10-14H2,1H3,(H,25,26). The molecule has 0 radical (unpaired) electrons. The lowest BCUT2D eigenvalue weighted by molar-refractivity contribution is -0.130. The van der Waals surface area contributed by atoms with Crippen molar-refractivity contribution in [2.75, 3.05) is 37.7 Å². The number of hydrogen-bond acceptors (Lipinski definition) is 5. The van der Waals surface area contributed by atoms with Crippen LogP contribution in [0.25, 0.3) is 0 Å². The van der Waals surface area contributed by atoms with Crippen LogP contribution in [0.2, 0.25) is 0 Å². The number of pyridine rings is 1. The van der Waals surface area contributed by atoms with Crippen LogP contribution in [0.4, 0.5) is 5.82 Å². The van der Waals surface area contributed by atoms with Crippen molar-refractivity contribution in [3.63, 3.8) is 0 Å². The summed E-state index contributed by atoms with van der Waals surface area (Å²) in [5.74, 6) is 0.334. The Morgan fingerprint density at radius 3 is 2.44 bits per heavy atom. The number of amides is 1. The fraction of sp³-hybridized carbons (Fsp3) is 0.350. The molecule has 0 saturated carbocycles. The number of benzene rings is 1. The number of rotatable bonds is 6. The highest BCUT2D eigenvalue weighted by atomic mass is 16.5. The second-order valence-electron chi connectivity index (χ2n) is 6.30. The van der Waals surface area contributed by atoms with E-state index in [9.17, 15) is 14.7 Å². The van der Waals surface area contributed by atoms with Crippen LogP contribution in [-0.4, -0.2) is 59.7 Å². The molecular formula is C20H23N3O4. The first kappa shape index (κ1) is 18.7. The summed E-state index contributed by atoms with van der Waals surface area (Å²) in [5.41, 5.74) is 1.13. The SMILES string of the molecule is CCOc1ccc(CC(=O)N2CCN(c3ncccc3C(=O)O)CC2)cc1. The van der Waals surface area contributed by atoms with E-state index in [4.69, 9.17) is 4.74 Å². The van der Waals surface area contributed by atoms with Crippen LogP contribution in [0, 0.1) is 0 Å². The Balaban J connectivity index is 1.57. The zero-order chi connectivity index (χ0) is 19.2. The van der Waals surface area contributed by atoms with E-state index in [1.807, 2.05) is 41.0 Å². The summed E-state index contributed by atoms with van der Waals surface area (Å²) in [6.45, 7) is 4.76. The molecule has 1 aromatic heterocycles. The molecular weight excluding hydrogens is 346 g/mol. The largest absolute Gasteiger partial charge is 0.494 e. The van der Waals surface area contributed by atoms with Gasteiger partial charge in [0.05, 0.1) is 13.0 Å². The number of piperazine rings is 1. The van der Waals surface area contributed by atoms with Gasteiger partial charge in [-0.25, -0.2) is 9.78 Å². The van der Waals surface area contributed by atoms with Gasteiger partial charge in [-0.2, -0.15) is 0 Å². The second-order valence-corrected chi connectivity index (χ2v) is 6.30. The topological polar surface area (TPSA) is 83.0 Å². The zero-order valence-electron chi connectivity index (χ0n) is 15.3. The summed E-state index contributed by atoms with van der Waals surface area (Å²) in [7, 11) is 0. The molecule has 1 amide bonds. The maximum Gasteiger partial charge on any atom is 0.339 e. The predicted molar refractivity (Wildman–Crippen MR) is 101 cm³/mol. The first-order chi connectivity index (χ1) is 13.1. The van der Waals surface area contributed by atoms with E-state index in [2.05, 4.69) is 4.98 Å². The van der Waals surface area contributed by atoms with E-state index in [1.54, 1.807) is 18.3 Å². The second kappa shape index (κ2) is 8.53. The quantitative estimate of drug-likeness (QED) is 0.839. The van der Waals surface area contributed by atoms with Gasteiger partial charge in [-0.3, -0.25) is 4.79 Å². The average Bonchev–Trinajstić information content (AvgIpc) is 2.70. The molecule has 2 aromatic rings. The van der Waals surface area contributed by atoms with Crippen LogP contribution in [0.5, 0.6) is 5.75 Å². The Bertz CT molecular complexity index is 799. The smallest absolute Gasteiger partial charge is 0.339 e. The summed E-state index contributed by atoms with van der Waals surface area (Å²) >= 11 is 0. The third-order valence-electron chi connectivity index (χ3n) is 4.54. The van der Waals surface area contributed by atoms with Gasteiger partial charge in [0.15, 0.2) is 0 Å². The van der Waals surface area contributed by atoms with E-state index in [0.717, 1.165) is 11.3 Å². The van der Waals surface area contributed by atoms with E-state index >= 15 is 0 Å². The highest BCUT2D eigenvalue weighted by Crippen LogP contribution is 2.19. The summed E-state index contributed by atoms with van der Waals surface area (Å²) in [6.07, 6.45) is 1.93. The maximum absolute atomic E-state index is 12.6. The predicted octanol–water partition coefficient (Wildman–Crippen LogP) is 2.07. The summed E-state index contributed by atoms with van der Waals surface area (Å²) in [4.78, 5) is 31.9. The molecule has 3 rings (SSSR count). The van der Waals surface area contributed by atoms with Gasteiger partial charge in [0.1, 0.15) is 17.1 Å². The fourth-order valence-electron chi connectivity index (χ4n) is 3.14. The first-order valence-corrected chi connectivity index (χ1v) is 9.01. The van der Waals surface area contributed by atoms with Crippen molar-refractivity contribution in [3.05, 3.63) is 53.7 Å². The molecule has 1 aromatic carbocycles. The molecule has 1 fully saturated rings. The van der Waals surface area contributed by atoms with Crippen LogP contribution in [0.3, 0.4) is 0 Å². The highest BCUT2D eigenvalue weighted by molar-refractivity contribution is 5.93. The third kappa shape index (κ3) is 4.55. The minimum atomic E-state index is -0.993. The number of nitrogens with zero attached hydrogens (tertiary/aromatic N) is 3. The lowest BCUT2D eigenvalue weighted by Gasteiger charge is -2.36. The Morgan fingerprint density at radius 1 is 1.11 bits per heavy atom. The van der Waals surface area contributed by atoms with Crippen molar-refractivity contribution in [2.45, 2.75) is 13.3 Å². The minimum Gasteiger partial charge on any atom is -0.494 e. The maximum atomic E-state index is 12.6. The summed E-state index contributed by atoms with van der Waals surface area (Å²) in [6, 6.07) is 10.7. The van der Waals surface area contributed by atoms with E-state index < -0.39 is 5.97 Å². The van der Waals surface area contributed by atoms with Crippen molar-refractivity contribution >= 4 is 17.7 Å². The number of hydrogen-bond donors (Lipinski definition) is 1. The Morgan fingerprint density at radius 2 is 1.81 bits per heavy atom. The molecule has 0 spiro atoms. The van der Waals surface area contributed by atoms with E-state index in [-0.39, 0.29) is 11.5 Å². The van der Waals surface area contributed by atoms with E-state index in [1.165, 1.54) is 0 Å². The van der Waals surface area contributed by atoms with Crippen LogP contribution in [0.1, 0.15) is 22.8 Å². The Labute approximate surface area is 158 Å². The number of carbonyl (C=O) groups excluding carboxylic acids is 1. The van der Waals surface area contributed by atoms with Crippen LogP contribution >= 0.6 is 0 Å². The first-order valence-electron chi connectivity index (χ1n) is 9.01. The molecule has 0 unspecified atom stereocenters.